The number of thioether (sulfide) groups is 1. The molecule has 1 atom stereocenters. The smallest absolute Gasteiger partial charge is 0.242 e. The molecule has 2 rings (SSSR count). The van der Waals surface area contributed by atoms with Crippen molar-refractivity contribution in [3.8, 4) is 5.69 Å². The first-order valence-electron chi connectivity index (χ1n) is 7.27. The summed E-state index contributed by atoms with van der Waals surface area (Å²) in [7, 11) is 0. The lowest BCUT2D eigenvalue weighted by atomic mass is 10.3. The number of rotatable bonds is 7. The molecule has 0 spiro atoms. The van der Waals surface area contributed by atoms with Gasteiger partial charge in [-0.05, 0) is 26.0 Å². The van der Waals surface area contributed by atoms with Gasteiger partial charge in [-0.2, -0.15) is 0 Å². The second-order valence-electron chi connectivity index (χ2n) is 4.79. The summed E-state index contributed by atoms with van der Waals surface area (Å²) in [6, 6.07) is 9.08. The van der Waals surface area contributed by atoms with Crippen LogP contribution >= 0.6 is 11.8 Å². The van der Waals surface area contributed by atoms with Gasteiger partial charge in [-0.25, -0.2) is 0 Å². The number of nitrogens with one attached hydrogen (secondary N) is 2. The van der Waals surface area contributed by atoms with Crippen LogP contribution in [0.15, 0.2) is 41.8 Å². The zero-order valence-electron chi connectivity index (χ0n) is 13.0. The van der Waals surface area contributed by atoms with Gasteiger partial charge in [-0.15, -0.1) is 10.2 Å². The van der Waals surface area contributed by atoms with Gasteiger partial charge in [-0.1, -0.05) is 30.0 Å². The molecular weight excluding hydrogens is 314 g/mol. The van der Waals surface area contributed by atoms with Crippen LogP contribution < -0.4 is 10.6 Å². The Kier molecular flexibility index (Phi) is 6.16. The van der Waals surface area contributed by atoms with Crippen molar-refractivity contribution < 1.29 is 9.59 Å². The van der Waals surface area contributed by atoms with E-state index in [1.807, 2.05) is 41.8 Å². The molecule has 122 valence electrons. The van der Waals surface area contributed by atoms with Gasteiger partial charge in [0.1, 0.15) is 12.4 Å². The molecule has 0 saturated carbocycles. The first-order chi connectivity index (χ1) is 11.1. The van der Waals surface area contributed by atoms with E-state index in [1.54, 1.807) is 13.3 Å². The van der Waals surface area contributed by atoms with E-state index >= 15 is 0 Å². The highest BCUT2D eigenvalue weighted by Crippen LogP contribution is 2.18. The summed E-state index contributed by atoms with van der Waals surface area (Å²) in [5.74, 6) is -0.260. The van der Waals surface area contributed by atoms with Gasteiger partial charge in [0, 0.05) is 12.2 Å². The van der Waals surface area contributed by atoms with Gasteiger partial charge < -0.3 is 10.6 Å². The van der Waals surface area contributed by atoms with Crippen LogP contribution in [0.5, 0.6) is 0 Å². The third-order valence-electron chi connectivity index (χ3n) is 3.00. The zero-order chi connectivity index (χ0) is 16.7. The number of para-hydroxylation sites is 1. The molecule has 1 aromatic carbocycles. The van der Waals surface area contributed by atoms with E-state index in [0.29, 0.717) is 11.7 Å². The number of benzene rings is 1. The van der Waals surface area contributed by atoms with Gasteiger partial charge in [0.05, 0.1) is 5.75 Å². The van der Waals surface area contributed by atoms with Crippen LogP contribution in [0.3, 0.4) is 0 Å². The van der Waals surface area contributed by atoms with E-state index in [1.165, 1.54) is 11.8 Å². The highest BCUT2D eigenvalue weighted by molar-refractivity contribution is 7.99. The van der Waals surface area contributed by atoms with Crippen molar-refractivity contribution in [1.82, 2.24) is 25.4 Å². The van der Waals surface area contributed by atoms with Crippen molar-refractivity contribution in [2.24, 2.45) is 0 Å². The maximum absolute atomic E-state index is 11.9. The summed E-state index contributed by atoms with van der Waals surface area (Å²) in [5, 5.41) is 13.9. The van der Waals surface area contributed by atoms with Crippen molar-refractivity contribution in [3.05, 3.63) is 36.7 Å². The number of hydrogen-bond donors (Lipinski definition) is 2. The van der Waals surface area contributed by atoms with Gasteiger partial charge in [0.2, 0.25) is 11.8 Å². The molecule has 0 radical (unpaired) electrons. The van der Waals surface area contributed by atoms with Crippen molar-refractivity contribution in [2.75, 3.05) is 12.3 Å². The molecule has 0 saturated heterocycles. The Balaban J connectivity index is 1.91. The highest BCUT2D eigenvalue weighted by atomic mass is 32.2. The average Bonchev–Trinajstić information content (AvgIpc) is 3.02. The molecule has 8 heteroatoms. The lowest BCUT2D eigenvalue weighted by Gasteiger charge is -2.13. The third-order valence-corrected chi connectivity index (χ3v) is 3.95. The van der Waals surface area contributed by atoms with Gasteiger partial charge in [-0.3, -0.25) is 14.2 Å². The summed E-state index contributed by atoms with van der Waals surface area (Å²) in [6.07, 6.45) is 1.60. The minimum Gasteiger partial charge on any atom is -0.355 e. The quantitative estimate of drug-likeness (QED) is 0.738. The Labute approximate surface area is 138 Å². The number of carbonyl (C=O) groups excluding carboxylic acids is 2. The molecule has 7 nitrogen and oxygen atoms in total. The summed E-state index contributed by atoms with van der Waals surface area (Å²) in [4.78, 5) is 23.5. The fourth-order valence-corrected chi connectivity index (χ4v) is 2.63. The molecule has 0 aliphatic carbocycles. The molecule has 0 unspecified atom stereocenters. The van der Waals surface area contributed by atoms with Crippen LogP contribution in [-0.4, -0.2) is 44.9 Å². The molecule has 0 bridgehead atoms. The van der Waals surface area contributed by atoms with Gasteiger partial charge >= 0.3 is 0 Å². The standard InChI is InChI=1S/C15H19N5O2S/c1-3-16-14(22)11(2)18-13(21)9-23-15-19-17-10-20(15)12-7-5-4-6-8-12/h4-8,10-11H,3,9H2,1-2H3,(H,16,22)(H,18,21)/t11-/m0/s1. The van der Waals surface area contributed by atoms with E-state index < -0.39 is 6.04 Å². The van der Waals surface area contributed by atoms with Crippen molar-refractivity contribution >= 4 is 23.6 Å². The summed E-state index contributed by atoms with van der Waals surface area (Å²) in [6.45, 7) is 4.02. The molecular formula is C15H19N5O2S. The number of nitrogens with zero attached hydrogens (tertiary/aromatic N) is 3. The number of amides is 2. The first-order valence-corrected chi connectivity index (χ1v) is 8.25. The Hall–Kier alpha value is -2.35. The molecule has 2 amide bonds. The topological polar surface area (TPSA) is 88.9 Å². The van der Waals surface area contributed by atoms with Crippen molar-refractivity contribution in [1.29, 1.82) is 0 Å². The Morgan fingerprint density at radius 2 is 2.04 bits per heavy atom. The molecule has 1 heterocycles. The van der Waals surface area contributed by atoms with Gasteiger partial charge in [0.15, 0.2) is 5.16 Å². The highest BCUT2D eigenvalue weighted by Gasteiger charge is 2.16. The molecule has 0 aliphatic heterocycles. The first kappa shape index (κ1) is 17.0. The van der Waals surface area contributed by atoms with Crippen LogP contribution in [0.2, 0.25) is 0 Å². The Morgan fingerprint density at radius 1 is 1.30 bits per heavy atom. The van der Waals surface area contributed by atoms with E-state index in [-0.39, 0.29) is 17.6 Å². The minimum atomic E-state index is -0.560. The summed E-state index contributed by atoms with van der Waals surface area (Å²) >= 11 is 1.27. The number of carbonyl (C=O) groups is 2. The second-order valence-corrected chi connectivity index (χ2v) is 5.73. The normalized spacial score (nSPS) is 11.7. The second kappa shape index (κ2) is 8.33. The van der Waals surface area contributed by atoms with Crippen LogP contribution in [0.4, 0.5) is 0 Å². The Bertz CT molecular complexity index is 659. The predicted octanol–water partition coefficient (Wildman–Crippen LogP) is 1.00. The molecule has 2 N–H and O–H groups in total. The van der Waals surface area contributed by atoms with E-state index in [4.69, 9.17) is 0 Å². The lowest BCUT2D eigenvalue weighted by molar-refractivity contribution is -0.127. The predicted molar refractivity (Wildman–Crippen MR) is 88.4 cm³/mol. The van der Waals surface area contributed by atoms with E-state index in [9.17, 15) is 9.59 Å². The number of aromatic nitrogens is 3. The molecule has 0 fully saturated rings. The Morgan fingerprint density at radius 3 is 2.74 bits per heavy atom. The molecule has 0 aliphatic rings. The molecule has 2 aromatic rings. The monoisotopic (exact) mass is 333 g/mol. The van der Waals surface area contributed by atoms with Gasteiger partial charge in [0.25, 0.3) is 0 Å². The maximum Gasteiger partial charge on any atom is 0.242 e. The SMILES string of the molecule is CCNC(=O)[C@H](C)NC(=O)CSc1nncn1-c1ccccc1. The van der Waals surface area contributed by atoms with Crippen molar-refractivity contribution in [3.63, 3.8) is 0 Å². The van der Waals surface area contributed by atoms with E-state index in [0.717, 1.165) is 5.69 Å². The van der Waals surface area contributed by atoms with E-state index in [2.05, 4.69) is 20.8 Å². The molecule has 1 aromatic heterocycles. The summed E-state index contributed by atoms with van der Waals surface area (Å²) < 4.78 is 1.81. The number of likely N-dealkylation sites (N-methyl/N-ethyl adjacent to an activating group) is 1. The fourth-order valence-electron chi connectivity index (χ4n) is 1.89. The van der Waals surface area contributed by atoms with Crippen LogP contribution in [0.25, 0.3) is 5.69 Å². The number of hydrogen-bond acceptors (Lipinski definition) is 5. The maximum atomic E-state index is 11.9. The minimum absolute atomic E-state index is 0.162. The van der Waals surface area contributed by atoms with Crippen LogP contribution in [0, 0.1) is 0 Å². The summed E-state index contributed by atoms with van der Waals surface area (Å²) in [5.41, 5.74) is 0.927. The zero-order valence-corrected chi connectivity index (χ0v) is 13.8. The van der Waals surface area contributed by atoms with Crippen LogP contribution in [0.1, 0.15) is 13.8 Å². The third kappa shape index (κ3) is 4.82. The molecule has 23 heavy (non-hydrogen) atoms. The lowest BCUT2D eigenvalue weighted by Crippen LogP contribution is -2.45. The van der Waals surface area contributed by atoms with Crippen molar-refractivity contribution in [2.45, 2.75) is 25.0 Å². The fraction of sp³-hybridized carbons (Fsp3) is 0.333. The average molecular weight is 333 g/mol. The largest absolute Gasteiger partial charge is 0.355 e. The van der Waals surface area contributed by atoms with Crippen LogP contribution in [-0.2, 0) is 9.59 Å².